The van der Waals surface area contributed by atoms with Gasteiger partial charge < -0.3 is 0 Å². The second-order valence-electron chi connectivity index (χ2n) is 5.36. The molecule has 4 nitrogen and oxygen atoms in total. The maximum absolute atomic E-state index is 6.40. The van der Waals surface area contributed by atoms with Gasteiger partial charge >= 0.3 is 0 Å². The van der Waals surface area contributed by atoms with Gasteiger partial charge in [-0.2, -0.15) is 5.10 Å². The fourth-order valence-corrected chi connectivity index (χ4v) is 3.36. The van der Waals surface area contributed by atoms with Crippen LogP contribution in [0.25, 0.3) is 0 Å². The van der Waals surface area contributed by atoms with Crippen LogP contribution in [0.15, 0.2) is 29.4 Å². The molecule has 0 aliphatic heterocycles. The summed E-state index contributed by atoms with van der Waals surface area (Å²) >= 11 is 8.24. The Bertz CT molecular complexity index is 597. The van der Waals surface area contributed by atoms with Crippen LogP contribution in [-0.2, 0) is 20.1 Å². The number of hydrogen-bond donors (Lipinski definition) is 0. The Hall–Kier alpha value is -1.04. The Balaban J connectivity index is 2.13. The molecule has 6 heteroatoms. The van der Waals surface area contributed by atoms with Crippen molar-refractivity contribution in [3.63, 3.8) is 0 Å². The molecule has 0 N–H and O–H groups in total. The van der Waals surface area contributed by atoms with E-state index in [4.69, 9.17) is 11.6 Å². The predicted molar refractivity (Wildman–Crippen MR) is 88.6 cm³/mol. The average molecular weight is 325 g/mol. The summed E-state index contributed by atoms with van der Waals surface area (Å²) in [6.07, 6.45) is 1.58. The van der Waals surface area contributed by atoms with Crippen LogP contribution >= 0.6 is 23.4 Å². The van der Waals surface area contributed by atoms with Crippen molar-refractivity contribution in [1.82, 2.24) is 19.7 Å². The minimum atomic E-state index is 0.534. The highest BCUT2D eigenvalue weighted by molar-refractivity contribution is 8.00. The first-order chi connectivity index (χ1) is 9.97. The van der Waals surface area contributed by atoms with Crippen LogP contribution in [0.2, 0.25) is 5.02 Å². The first-order valence-electron chi connectivity index (χ1n) is 6.93. The molecular weight excluding hydrogens is 304 g/mol. The number of rotatable bonds is 6. The Morgan fingerprint density at radius 1 is 1.33 bits per heavy atom. The van der Waals surface area contributed by atoms with Gasteiger partial charge in [-0.1, -0.05) is 31.5 Å². The Labute approximate surface area is 135 Å². The van der Waals surface area contributed by atoms with Crippen LogP contribution in [-0.4, -0.2) is 32.0 Å². The van der Waals surface area contributed by atoms with Gasteiger partial charge in [0.05, 0.1) is 6.54 Å². The molecule has 2 rings (SSSR count). The largest absolute Gasteiger partial charge is 0.295 e. The highest BCUT2D eigenvalue weighted by Crippen LogP contribution is 2.32. The van der Waals surface area contributed by atoms with Crippen LogP contribution in [0.1, 0.15) is 25.2 Å². The van der Waals surface area contributed by atoms with E-state index in [0.29, 0.717) is 5.25 Å². The zero-order valence-corrected chi connectivity index (χ0v) is 14.4. The molecule has 0 aliphatic rings. The number of aryl methyl sites for hydroxylation is 1. The van der Waals surface area contributed by atoms with Gasteiger partial charge in [0, 0.05) is 28.8 Å². The molecular formula is C15H21ClN4S. The van der Waals surface area contributed by atoms with Gasteiger partial charge in [0.15, 0.2) is 0 Å². The maximum Gasteiger partial charge on any atom is 0.140 e. The Kier molecular flexibility index (Phi) is 5.67. The molecule has 0 fully saturated rings. The van der Waals surface area contributed by atoms with Gasteiger partial charge in [0.2, 0.25) is 0 Å². The molecule has 0 radical (unpaired) electrons. The number of hydrogen-bond acceptors (Lipinski definition) is 4. The lowest BCUT2D eigenvalue weighted by Crippen LogP contribution is -2.20. The highest BCUT2D eigenvalue weighted by atomic mass is 35.5. The monoisotopic (exact) mass is 324 g/mol. The average Bonchev–Trinajstić information content (AvgIpc) is 2.79. The van der Waals surface area contributed by atoms with Crippen molar-refractivity contribution in [3.8, 4) is 0 Å². The van der Waals surface area contributed by atoms with E-state index in [1.54, 1.807) is 11.0 Å². The van der Waals surface area contributed by atoms with E-state index in [1.807, 2.05) is 30.9 Å². The van der Waals surface area contributed by atoms with Crippen LogP contribution < -0.4 is 0 Å². The molecule has 0 bridgehead atoms. The summed E-state index contributed by atoms with van der Waals surface area (Å²) in [7, 11) is 3.98. The van der Waals surface area contributed by atoms with E-state index < -0.39 is 0 Å². The van der Waals surface area contributed by atoms with Gasteiger partial charge in [-0.05, 0) is 24.7 Å². The van der Waals surface area contributed by atoms with Gasteiger partial charge in [-0.25, -0.2) is 4.98 Å². The summed E-state index contributed by atoms with van der Waals surface area (Å²) in [5, 5.41) is 5.46. The molecule has 1 aromatic heterocycles. The molecule has 1 heterocycles. The van der Waals surface area contributed by atoms with Crippen molar-refractivity contribution < 1.29 is 0 Å². The van der Waals surface area contributed by atoms with Crippen LogP contribution in [0.3, 0.4) is 0 Å². The van der Waals surface area contributed by atoms with Gasteiger partial charge in [-0.3, -0.25) is 9.58 Å². The third kappa shape index (κ3) is 4.46. The molecule has 0 amide bonds. The van der Waals surface area contributed by atoms with Gasteiger partial charge in [-0.15, -0.1) is 11.8 Å². The van der Waals surface area contributed by atoms with Crippen LogP contribution in [0.5, 0.6) is 0 Å². The molecule has 0 spiro atoms. The summed E-state index contributed by atoms with van der Waals surface area (Å²) in [4.78, 5) is 7.72. The number of halogens is 1. The molecule has 0 atom stereocenters. The normalized spacial score (nSPS) is 11.6. The topological polar surface area (TPSA) is 34.0 Å². The third-order valence-corrected chi connectivity index (χ3v) is 4.54. The van der Waals surface area contributed by atoms with Crippen molar-refractivity contribution in [2.24, 2.45) is 7.05 Å². The molecule has 21 heavy (non-hydrogen) atoms. The van der Waals surface area contributed by atoms with Crippen LogP contribution in [0.4, 0.5) is 0 Å². The lowest BCUT2D eigenvalue weighted by molar-refractivity contribution is 0.303. The quantitative estimate of drug-likeness (QED) is 0.760. The van der Waals surface area contributed by atoms with Crippen molar-refractivity contribution in [2.75, 3.05) is 7.05 Å². The van der Waals surface area contributed by atoms with Crippen molar-refractivity contribution in [2.45, 2.75) is 37.1 Å². The summed E-state index contributed by atoms with van der Waals surface area (Å²) in [5.74, 6) is 0.947. The summed E-state index contributed by atoms with van der Waals surface area (Å²) in [6.45, 7) is 5.92. The first-order valence-corrected chi connectivity index (χ1v) is 8.18. The van der Waals surface area contributed by atoms with Crippen molar-refractivity contribution in [1.29, 1.82) is 0 Å². The van der Waals surface area contributed by atoms with E-state index >= 15 is 0 Å². The summed E-state index contributed by atoms with van der Waals surface area (Å²) in [5.41, 5.74) is 1.18. The molecule has 0 aliphatic carbocycles. The second kappa shape index (κ2) is 7.29. The molecule has 114 valence electrons. The zero-order valence-electron chi connectivity index (χ0n) is 12.9. The van der Waals surface area contributed by atoms with Gasteiger partial charge in [0.1, 0.15) is 12.2 Å². The minimum absolute atomic E-state index is 0.534. The maximum atomic E-state index is 6.40. The second-order valence-corrected chi connectivity index (χ2v) is 7.38. The van der Waals surface area contributed by atoms with Crippen molar-refractivity contribution >= 4 is 23.4 Å². The van der Waals surface area contributed by atoms with E-state index in [-0.39, 0.29) is 0 Å². The fourth-order valence-electron chi connectivity index (χ4n) is 2.09. The molecule has 0 saturated heterocycles. The fraction of sp³-hybridized carbons (Fsp3) is 0.467. The molecule has 1 aromatic carbocycles. The molecule has 2 aromatic rings. The predicted octanol–water partition coefficient (Wildman–Crippen LogP) is 3.60. The van der Waals surface area contributed by atoms with E-state index in [1.165, 1.54) is 10.5 Å². The number of aromatic nitrogens is 3. The zero-order chi connectivity index (χ0) is 15.4. The van der Waals surface area contributed by atoms with E-state index in [2.05, 4.69) is 41.9 Å². The summed E-state index contributed by atoms with van der Waals surface area (Å²) in [6, 6.07) is 6.11. The number of nitrogens with zero attached hydrogens (tertiary/aromatic N) is 4. The van der Waals surface area contributed by atoms with E-state index in [9.17, 15) is 0 Å². The first kappa shape index (κ1) is 16.3. The summed E-state index contributed by atoms with van der Waals surface area (Å²) < 4.78 is 1.80. The third-order valence-electron chi connectivity index (χ3n) is 3.08. The van der Waals surface area contributed by atoms with Crippen LogP contribution in [0, 0.1) is 0 Å². The Morgan fingerprint density at radius 3 is 2.71 bits per heavy atom. The van der Waals surface area contributed by atoms with Crippen molar-refractivity contribution in [3.05, 3.63) is 40.9 Å². The Morgan fingerprint density at radius 2 is 2.10 bits per heavy atom. The number of benzene rings is 1. The lowest BCUT2D eigenvalue weighted by Gasteiger charge is -2.20. The van der Waals surface area contributed by atoms with Gasteiger partial charge in [0.25, 0.3) is 0 Å². The SMILES string of the molecule is CC(C)Sc1cccc(Cl)c1CN(C)Cc1ncnn1C. The molecule has 0 saturated carbocycles. The molecule has 0 unspecified atom stereocenters. The standard InChI is InChI=1S/C15H21ClN4S/c1-11(2)21-14-7-5-6-13(16)12(14)8-19(3)9-15-17-10-18-20(15)4/h5-7,10-11H,8-9H2,1-4H3. The highest BCUT2D eigenvalue weighted by Gasteiger charge is 2.13. The smallest absolute Gasteiger partial charge is 0.140 e. The number of thioether (sulfide) groups is 1. The van der Waals surface area contributed by atoms with E-state index in [0.717, 1.165) is 23.9 Å². The lowest BCUT2D eigenvalue weighted by atomic mass is 10.2. The minimum Gasteiger partial charge on any atom is -0.295 e.